The summed E-state index contributed by atoms with van der Waals surface area (Å²) in [6.45, 7) is 2.23. The molecule has 0 saturated carbocycles. The van der Waals surface area contributed by atoms with E-state index in [-0.39, 0.29) is 5.39 Å². The Labute approximate surface area is 119 Å². The molecule has 0 N–H and O–H groups in total. The van der Waals surface area contributed by atoms with Crippen LogP contribution in [0.3, 0.4) is 0 Å². The normalized spacial score (nSPS) is 11.1. The van der Waals surface area contributed by atoms with Crippen LogP contribution < -0.4 is 5.56 Å². The van der Waals surface area contributed by atoms with Crippen LogP contribution in [0.25, 0.3) is 10.9 Å². The number of fused-ring (bicyclic) bond motifs is 1. The summed E-state index contributed by atoms with van der Waals surface area (Å²) < 4.78 is 20.1. The highest BCUT2D eigenvalue weighted by atomic mass is 19.1. The third-order valence-corrected chi connectivity index (χ3v) is 3.19. The highest BCUT2D eigenvalue weighted by Gasteiger charge is 2.10. The quantitative estimate of drug-likeness (QED) is 0.731. The Balaban J connectivity index is 1.89. The Morgan fingerprint density at radius 1 is 1.38 bits per heavy atom. The SMILES string of the molecule is CCc1nc(CCn2cnc3cccc(F)c3c2=O)no1. The number of hydrogen-bond acceptors (Lipinski definition) is 5. The first kappa shape index (κ1) is 13.4. The van der Waals surface area contributed by atoms with Crippen LogP contribution in [-0.2, 0) is 19.4 Å². The predicted octanol–water partition coefficient (Wildman–Crippen LogP) is 1.72. The van der Waals surface area contributed by atoms with Gasteiger partial charge >= 0.3 is 0 Å². The first-order valence-electron chi connectivity index (χ1n) is 6.64. The minimum absolute atomic E-state index is 0.00218. The topological polar surface area (TPSA) is 73.8 Å². The van der Waals surface area contributed by atoms with Gasteiger partial charge in [-0.1, -0.05) is 18.1 Å². The molecule has 6 nitrogen and oxygen atoms in total. The second-order valence-corrected chi connectivity index (χ2v) is 4.58. The summed E-state index contributed by atoms with van der Waals surface area (Å²) in [6.07, 6.45) is 2.49. The lowest BCUT2D eigenvalue weighted by atomic mass is 10.2. The fourth-order valence-electron chi connectivity index (χ4n) is 2.08. The molecule has 0 amide bonds. The van der Waals surface area contributed by atoms with Crippen molar-refractivity contribution in [3.8, 4) is 0 Å². The number of aryl methyl sites for hydroxylation is 3. The fraction of sp³-hybridized carbons (Fsp3) is 0.286. The van der Waals surface area contributed by atoms with Gasteiger partial charge in [0, 0.05) is 19.4 Å². The van der Waals surface area contributed by atoms with E-state index in [1.807, 2.05) is 6.92 Å². The van der Waals surface area contributed by atoms with E-state index in [9.17, 15) is 9.18 Å². The van der Waals surface area contributed by atoms with E-state index in [4.69, 9.17) is 4.52 Å². The van der Waals surface area contributed by atoms with E-state index in [0.29, 0.717) is 36.6 Å². The Hall–Kier alpha value is -2.57. The van der Waals surface area contributed by atoms with Crippen molar-refractivity contribution in [3.63, 3.8) is 0 Å². The molecule has 0 aliphatic heterocycles. The van der Waals surface area contributed by atoms with Gasteiger partial charge in [0.15, 0.2) is 5.82 Å². The summed E-state index contributed by atoms with van der Waals surface area (Å²) in [5, 5.41) is 3.82. The van der Waals surface area contributed by atoms with Crippen molar-refractivity contribution in [2.45, 2.75) is 26.3 Å². The maximum absolute atomic E-state index is 13.7. The third kappa shape index (κ3) is 2.54. The monoisotopic (exact) mass is 288 g/mol. The lowest BCUT2D eigenvalue weighted by molar-refractivity contribution is 0.375. The standard InChI is InChI=1S/C14H13FN4O2/c1-2-12-17-11(18-21-12)6-7-19-8-16-10-5-3-4-9(15)13(10)14(19)20/h3-5,8H,2,6-7H2,1H3. The van der Waals surface area contributed by atoms with E-state index >= 15 is 0 Å². The van der Waals surface area contributed by atoms with Gasteiger partial charge in [-0.05, 0) is 12.1 Å². The molecular weight excluding hydrogens is 275 g/mol. The number of hydrogen-bond donors (Lipinski definition) is 0. The van der Waals surface area contributed by atoms with Crippen molar-refractivity contribution in [1.82, 2.24) is 19.7 Å². The molecule has 0 bridgehead atoms. The van der Waals surface area contributed by atoms with E-state index < -0.39 is 11.4 Å². The molecule has 0 aliphatic carbocycles. The summed E-state index contributed by atoms with van der Waals surface area (Å²) >= 11 is 0. The minimum Gasteiger partial charge on any atom is -0.339 e. The summed E-state index contributed by atoms with van der Waals surface area (Å²) in [4.78, 5) is 20.5. The first-order chi connectivity index (χ1) is 10.2. The highest BCUT2D eigenvalue weighted by Crippen LogP contribution is 2.10. The number of halogens is 1. The Morgan fingerprint density at radius 2 is 2.24 bits per heavy atom. The van der Waals surface area contributed by atoms with Crippen LogP contribution >= 0.6 is 0 Å². The van der Waals surface area contributed by atoms with Crippen molar-refractivity contribution in [2.24, 2.45) is 0 Å². The molecule has 2 heterocycles. The van der Waals surface area contributed by atoms with Gasteiger partial charge in [-0.15, -0.1) is 0 Å². The molecule has 0 radical (unpaired) electrons. The first-order valence-corrected chi connectivity index (χ1v) is 6.64. The molecule has 0 unspecified atom stereocenters. The molecule has 7 heteroatoms. The summed E-state index contributed by atoms with van der Waals surface area (Å²) in [5.74, 6) is 0.514. The van der Waals surface area contributed by atoms with Gasteiger partial charge in [0.2, 0.25) is 5.89 Å². The molecule has 0 saturated heterocycles. The lowest BCUT2D eigenvalue weighted by Crippen LogP contribution is -2.22. The van der Waals surface area contributed by atoms with Gasteiger partial charge in [-0.3, -0.25) is 9.36 Å². The summed E-state index contributed by atoms with van der Waals surface area (Å²) in [7, 11) is 0. The molecule has 0 fully saturated rings. The number of aromatic nitrogens is 4. The van der Waals surface area contributed by atoms with Crippen molar-refractivity contribution >= 4 is 10.9 Å². The average molecular weight is 288 g/mol. The van der Waals surface area contributed by atoms with Crippen molar-refractivity contribution in [1.29, 1.82) is 0 Å². The maximum Gasteiger partial charge on any atom is 0.264 e. The van der Waals surface area contributed by atoms with Gasteiger partial charge in [0.25, 0.3) is 5.56 Å². The Morgan fingerprint density at radius 3 is 3.00 bits per heavy atom. The largest absolute Gasteiger partial charge is 0.339 e. The molecule has 3 rings (SSSR count). The van der Waals surface area contributed by atoms with Crippen LogP contribution in [0.2, 0.25) is 0 Å². The van der Waals surface area contributed by atoms with Crippen LogP contribution in [0.4, 0.5) is 4.39 Å². The molecule has 21 heavy (non-hydrogen) atoms. The highest BCUT2D eigenvalue weighted by molar-refractivity contribution is 5.77. The van der Waals surface area contributed by atoms with Crippen molar-refractivity contribution < 1.29 is 8.91 Å². The van der Waals surface area contributed by atoms with Crippen LogP contribution in [0.15, 0.2) is 33.8 Å². The van der Waals surface area contributed by atoms with Crippen molar-refractivity contribution in [2.75, 3.05) is 0 Å². The van der Waals surface area contributed by atoms with E-state index in [1.54, 1.807) is 6.07 Å². The zero-order valence-corrected chi connectivity index (χ0v) is 11.4. The molecule has 0 atom stereocenters. The van der Waals surface area contributed by atoms with Crippen LogP contribution in [0.1, 0.15) is 18.6 Å². The molecule has 3 aromatic rings. The van der Waals surface area contributed by atoms with Crippen LogP contribution in [0.5, 0.6) is 0 Å². The molecular formula is C14H13FN4O2. The second kappa shape index (κ2) is 5.43. The van der Waals surface area contributed by atoms with E-state index in [0.717, 1.165) is 0 Å². The van der Waals surface area contributed by atoms with Gasteiger partial charge in [0.1, 0.15) is 11.2 Å². The zero-order chi connectivity index (χ0) is 14.8. The van der Waals surface area contributed by atoms with E-state index in [2.05, 4.69) is 15.1 Å². The third-order valence-electron chi connectivity index (χ3n) is 3.19. The molecule has 2 aromatic heterocycles. The van der Waals surface area contributed by atoms with Crippen LogP contribution in [0, 0.1) is 5.82 Å². The molecule has 0 spiro atoms. The second-order valence-electron chi connectivity index (χ2n) is 4.58. The Bertz CT molecular complexity index is 840. The number of benzene rings is 1. The van der Waals surface area contributed by atoms with Gasteiger partial charge < -0.3 is 4.52 Å². The van der Waals surface area contributed by atoms with Gasteiger partial charge in [-0.25, -0.2) is 9.37 Å². The maximum atomic E-state index is 13.7. The van der Waals surface area contributed by atoms with Crippen molar-refractivity contribution in [3.05, 3.63) is 52.4 Å². The van der Waals surface area contributed by atoms with Crippen LogP contribution in [-0.4, -0.2) is 19.7 Å². The average Bonchev–Trinajstić information content (AvgIpc) is 2.95. The van der Waals surface area contributed by atoms with Gasteiger partial charge in [0.05, 0.1) is 11.8 Å². The minimum atomic E-state index is -0.563. The fourth-order valence-corrected chi connectivity index (χ4v) is 2.08. The lowest BCUT2D eigenvalue weighted by Gasteiger charge is -2.05. The molecule has 0 aliphatic rings. The predicted molar refractivity (Wildman–Crippen MR) is 73.3 cm³/mol. The molecule has 108 valence electrons. The van der Waals surface area contributed by atoms with Gasteiger partial charge in [-0.2, -0.15) is 4.98 Å². The Kier molecular flexibility index (Phi) is 3.47. The number of nitrogens with zero attached hydrogens (tertiary/aromatic N) is 4. The summed E-state index contributed by atoms with van der Waals surface area (Å²) in [5.41, 5.74) is -0.0543. The number of rotatable bonds is 4. The zero-order valence-electron chi connectivity index (χ0n) is 11.4. The van der Waals surface area contributed by atoms with E-state index in [1.165, 1.54) is 23.0 Å². The summed E-state index contributed by atoms with van der Waals surface area (Å²) in [6, 6.07) is 4.39. The smallest absolute Gasteiger partial charge is 0.264 e. The molecule has 1 aromatic carbocycles.